The molecule has 0 atom stereocenters. The van der Waals surface area contributed by atoms with Crippen LogP contribution in [0, 0.1) is 33.9 Å². The number of H-pyrrole nitrogens is 1. The molecule has 21 heavy (non-hydrogen) atoms. The summed E-state index contributed by atoms with van der Waals surface area (Å²) in [6, 6.07) is 3.44. The van der Waals surface area contributed by atoms with Crippen molar-refractivity contribution in [3.63, 3.8) is 0 Å². The highest BCUT2D eigenvalue weighted by molar-refractivity contribution is 7.71. The van der Waals surface area contributed by atoms with E-state index in [1.54, 1.807) is 0 Å². The third-order valence-electron chi connectivity index (χ3n) is 2.96. The molecule has 3 rings (SSSR count). The number of benzene rings is 2. The first kappa shape index (κ1) is 13.7. The van der Waals surface area contributed by atoms with Gasteiger partial charge in [0.1, 0.15) is 11.5 Å². The largest absolute Gasteiger partial charge is 0.330 e. The number of aromatic amines is 1. The Balaban J connectivity index is 2.49. The van der Waals surface area contributed by atoms with E-state index in [0.29, 0.717) is 4.57 Å². The van der Waals surface area contributed by atoms with Crippen molar-refractivity contribution in [1.82, 2.24) is 9.55 Å². The van der Waals surface area contributed by atoms with Crippen molar-refractivity contribution in [3.8, 4) is 5.69 Å². The maximum absolute atomic E-state index is 13.9. The molecule has 0 fully saturated rings. The van der Waals surface area contributed by atoms with E-state index in [2.05, 4.69) is 4.98 Å². The van der Waals surface area contributed by atoms with Crippen LogP contribution < -0.4 is 0 Å². The van der Waals surface area contributed by atoms with E-state index in [1.165, 1.54) is 6.07 Å². The zero-order valence-electron chi connectivity index (χ0n) is 10.1. The van der Waals surface area contributed by atoms with Crippen LogP contribution in [-0.2, 0) is 0 Å². The van der Waals surface area contributed by atoms with Crippen LogP contribution in [0.25, 0.3) is 16.7 Å². The summed E-state index contributed by atoms with van der Waals surface area (Å²) in [6.07, 6.45) is 0. The monoisotopic (exact) mass is 316 g/mol. The van der Waals surface area contributed by atoms with Gasteiger partial charge in [-0.2, -0.15) is 0 Å². The minimum absolute atomic E-state index is 0.0391. The first-order valence-corrected chi connectivity index (χ1v) is 6.04. The summed E-state index contributed by atoms with van der Waals surface area (Å²) in [4.78, 5) is 2.58. The molecule has 0 spiro atoms. The Hall–Kier alpha value is -2.22. The first-order valence-electron chi connectivity index (χ1n) is 5.64. The Bertz CT molecular complexity index is 902. The van der Waals surface area contributed by atoms with Crippen LogP contribution >= 0.6 is 12.2 Å². The molecule has 0 amide bonds. The molecule has 2 nitrogen and oxygen atoms in total. The predicted octanol–water partition coefficient (Wildman–Crippen LogP) is 4.38. The SMILES string of the molecule is Fc1ccc2[nH]c(=S)n(-c3c(F)c(F)cc(F)c3F)c2c1. The van der Waals surface area contributed by atoms with E-state index in [1.807, 2.05) is 0 Å². The number of halogens is 5. The summed E-state index contributed by atoms with van der Waals surface area (Å²) in [5, 5.41) is 0. The Kier molecular flexibility index (Phi) is 3.05. The van der Waals surface area contributed by atoms with Crippen LogP contribution in [0.15, 0.2) is 24.3 Å². The normalized spacial score (nSPS) is 11.3. The molecule has 0 aliphatic heterocycles. The predicted molar refractivity (Wildman–Crippen MR) is 68.2 cm³/mol. The summed E-state index contributed by atoms with van der Waals surface area (Å²) in [5.41, 5.74) is -0.804. The molecule has 0 bridgehead atoms. The van der Waals surface area contributed by atoms with Gasteiger partial charge >= 0.3 is 0 Å². The van der Waals surface area contributed by atoms with E-state index in [-0.39, 0.29) is 21.9 Å². The summed E-state index contributed by atoms with van der Waals surface area (Å²) < 4.78 is 68.1. The summed E-state index contributed by atoms with van der Waals surface area (Å²) in [7, 11) is 0. The number of fused-ring (bicyclic) bond motifs is 1. The molecule has 1 N–H and O–H groups in total. The number of hydrogen-bond acceptors (Lipinski definition) is 1. The zero-order valence-corrected chi connectivity index (χ0v) is 10.9. The average molecular weight is 316 g/mol. The standard InChI is InChI=1S/C13H5F5N2S/c14-5-1-2-8-9(3-5)20(13(21)19-8)12-10(17)6(15)4-7(16)11(12)18/h1-4H,(H,19,21). The highest BCUT2D eigenvalue weighted by atomic mass is 32.1. The van der Waals surface area contributed by atoms with Gasteiger partial charge in [-0.3, -0.25) is 4.57 Å². The molecule has 8 heteroatoms. The number of nitrogens with zero attached hydrogens (tertiary/aromatic N) is 1. The van der Waals surface area contributed by atoms with E-state index in [0.717, 1.165) is 12.1 Å². The molecule has 0 saturated carbocycles. The Morgan fingerprint density at radius 3 is 2.14 bits per heavy atom. The van der Waals surface area contributed by atoms with Crippen LogP contribution in [0.1, 0.15) is 0 Å². The quantitative estimate of drug-likeness (QED) is 0.401. The lowest BCUT2D eigenvalue weighted by Crippen LogP contribution is -2.06. The van der Waals surface area contributed by atoms with Crippen molar-refractivity contribution in [1.29, 1.82) is 0 Å². The van der Waals surface area contributed by atoms with Crippen LogP contribution in [0.3, 0.4) is 0 Å². The lowest BCUT2D eigenvalue weighted by atomic mass is 10.2. The molecule has 108 valence electrons. The third kappa shape index (κ3) is 2.02. The van der Waals surface area contributed by atoms with E-state index < -0.39 is 34.8 Å². The molecule has 0 saturated heterocycles. The van der Waals surface area contributed by atoms with E-state index in [9.17, 15) is 22.0 Å². The molecule has 0 radical (unpaired) electrons. The van der Waals surface area contributed by atoms with Gasteiger partial charge < -0.3 is 4.98 Å². The fourth-order valence-electron chi connectivity index (χ4n) is 2.05. The van der Waals surface area contributed by atoms with E-state index in [4.69, 9.17) is 12.2 Å². The third-order valence-corrected chi connectivity index (χ3v) is 3.24. The van der Waals surface area contributed by atoms with Crippen LogP contribution in [0.2, 0.25) is 0 Å². The van der Waals surface area contributed by atoms with Gasteiger partial charge in [-0.15, -0.1) is 0 Å². The molecule has 1 aromatic heterocycles. The number of hydrogen-bond donors (Lipinski definition) is 1. The van der Waals surface area contributed by atoms with Crippen molar-refractivity contribution in [2.75, 3.05) is 0 Å². The smallest absolute Gasteiger partial charge is 0.186 e. The molecular formula is C13H5F5N2S. The minimum Gasteiger partial charge on any atom is -0.330 e. The highest BCUT2D eigenvalue weighted by Crippen LogP contribution is 2.27. The van der Waals surface area contributed by atoms with Gasteiger partial charge in [0.2, 0.25) is 0 Å². The van der Waals surface area contributed by atoms with Crippen LogP contribution in [0.4, 0.5) is 22.0 Å². The Morgan fingerprint density at radius 2 is 1.52 bits per heavy atom. The minimum atomic E-state index is -1.62. The summed E-state index contributed by atoms with van der Waals surface area (Å²) >= 11 is 4.89. The zero-order chi connectivity index (χ0) is 15.3. The molecule has 0 unspecified atom stereocenters. The molecule has 0 aliphatic rings. The van der Waals surface area contributed by atoms with Gasteiger partial charge in [0.15, 0.2) is 28.0 Å². The molecule has 3 aromatic rings. The van der Waals surface area contributed by atoms with Gasteiger partial charge in [-0.1, -0.05) is 0 Å². The second kappa shape index (κ2) is 4.66. The van der Waals surface area contributed by atoms with Crippen LogP contribution in [-0.4, -0.2) is 9.55 Å². The topological polar surface area (TPSA) is 20.7 Å². The van der Waals surface area contributed by atoms with Crippen molar-refractivity contribution in [2.24, 2.45) is 0 Å². The molecule has 1 heterocycles. The Morgan fingerprint density at radius 1 is 0.905 bits per heavy atom. The molecular weight excluding hydrogens is 311 g/mol. The number of aromatic nitrogens is 2. The van der Waals surface area contributed by atoms with Gasteiger partial charge in [-0.25, -0.2) is 22.0 Å². The molecule has 2 aromatic carbocycles. The van der Waals surface area contributed by atoms with Crippen molar-refractivity contribution < 1.29 is 22.0 Å². The maximum Gasteiger partial charge on any atom is 0.186 e. The fourth-order valence-corrected chi connectivity index (χ4v) is 2.35. The summed E-state index contributed by atoms with van der Waals surface area (Å²) in [5.74, 6) is -7.07. The second-order valence-corrected chi connectivity index (χ2v) is 4.63. The van der Waals surface area contributed by atoms with Gasteiger partial charge in [-0.05, 0) is 24.4 Å². The van der Waals surface area contributed by atoms with Gasteiger partial charge in [0, 0.05) is 12.1 Å². The Labute approximate surface area is 119 Å². The van der Waals surface area contributed by atoms with Crippen LogP contribution in [0.5, 0.6) is 0 Å². The first-order chi connectivity index (χ1) is 9.90. The second-order valence-electron chi connectivity index (χ2n) is 4.24. The van der Waals surface area contributed by atoms with E-state index >= 15 is 0 Å². The van der Waals surface area contributed by atoms with Crippen molar-refractivity contribution >= 4 is 23.3 Å². The number of rotatable bonds is 1. The number of imidazole rings is 1. The van der Waals surface area contributed by atoms with Gasteiger partial charge in [0.05, 0.1) is 11.0 Å². The molecule has 0 aliphatic carbocycles. The number of nitrogens with one attached hydrogen (secondary N) is 1. The summed E-state index contributed by atoms with van der Waals surface area (Å²) in [6.45, 7) is 0. The highest BCUT2D eigenvalue weighted by Gasteiger charge is 2.23. The lowest BCUT2D eigenvalue weighted by molar-refractivity contribution is 0.448. The van der Waals surface area contributed by atoms with Crippen molar-refractivity contribution in [3.05, 3.63) is 58.1 Å². The maximum atomic E-state index is 13.9. The lowest BCUT2D eigenvalue weighted by Gasteiger charge is -2.09. The fraction of sp³-hybridized carbons (Fsp3) is 0. The van der Waals surface area contributed by atoms with Gasteiger partial charge in [0.25, 0.3) is 0 Å². The van der Waals surface area contributed by atoms with Crippen molar-refractivity contribution in [2.45, 2.75) is 0 Å². The average Bonchev–Trinajstić information content (AvgIpc) is 2.73.